The molecular formula is C24H28N2O3. The lowest BCUT2D eigenvalue weighted by Gasteiger charge is -2.19. The molecule has 1 aromatic heterocycles. The molecule has 0 unspecified atom stereocenters. The number of anilines is 1. The predicted molar refractivity (Wildman–Crippen MR) is 118 cm³/mol. The molecule has 0 radical (unpaired) electrons. The Labute approximate surface area is 171 Å². The van der Waals surface area contributed by atoms with Crippen LogP contribution in [0.25, 0.3) is 11.0 Å². The summed E-state index contributed by atoms with van der Waals surface area (Å²) in [6.45, 7) is 5.35. The van der Waals surface area contributed by atoms with Gasteiger partial charge in [0.2, 0.25) is 5.91 Å². The Morgan fingerprint density at radius 1 is 1.10 bits per heavy atom. The fourth-order valence-electron chi connectivity index (χ4n) is 3.47. The second-order valence-corrected chi connectivity index (χ2v) is 7.45. The Morgan fingerprint density at radius 2 is 1.86 bits per heavy atom. The SMILES string of the molecule is Cc1ccc2c(C)c(CCC(=O)NCCCN(C)c3ccccc3)c(=O)oc2c1. The van der Waals surface area contributed by atoms with Crippen molar-refractivity contribution in [2.45, 2.75) is 33.1 Å². The average Bonchev–Trinajstić information content (AvgIpc) is 2.71. The number of amides is 1. The molecule has 0 aliphatic heterocycles. The van der Waals surface area contributed by atoms with Crippen LogP contribution in [0, 0.1) is 13.8 Å². The predicted octanol–water partition coefficient (Wildman–Crippen LogP) is 3.99. The molecule has 3 aromatic rings. The van der Waals surface area contributed by atoms with Crippen LogP contribution in [-0.2, 0) is 11.2 Å². The molecule has 2 aromatic carbocycles. The number of carbonyl (C=O) groups is 1. The van der Waals surface area contributed by atoms with Crippen LogP contribution in [0.5, 0.6) is 0 Å². The zero-order chi connectivity index (χ0) is 20.8. The Bertz CT molecular complexity index is 1040. The number of rotatable bonds is 8. The van der Waals surface area contributed by atoms with Gasteiger partial charge in [-0.15, -0.1) is 0 Å². The fraction of sp³-hybridized carbons (Fsp3) is 0.333. The van der Waals surface area contributed by atoms with Gasteiger partial charge in [0.05, 0.1) is 0 Å². The van der Waals surface area contributed by atoms with E-state index in [0.717, 1.165) is 35.2 Å². The minimum atomic E-state index is -0.349. The Balaban J connectivity index is 1.49. The summed E-state index contributed by atoms with van der Waals surface area (Å²) in [5.74, 6) is -0.0461. The minimum Gasteiger partial charge on any atom is -0.423 e. The normalized spacial score (nSPS) is 10.9. The largest absolute Gasteiger partial charge is 0.423 e. The fourth-order valence-corrected chi connectivity index (χ4v) is 3.47. The van der Waals surface area contributed by atoms with Crippen molar-refractivity contribution in [1.29, 1.82) is 0 Å². The Morgan fingerprint density at radius 3 is 2.62 bits per heavy atom. The van der Waals surface area contributed by atoms with Crippen molar-refractivity contribution >= 4 is 22.6 Å². The van der Waals surface area contributed by atoms with Gasteiger partial charge in [-0.3, -0.25) is 4.79 Å². The van der Waals surface area contributed by atoms with E-state index in [-0.39, 0.29) is 18.0 Å². The third kappa shape index (κ3) is 5.25. The first-order valence-corrected chi connectivity index (χ1v) is 10.0. The van der Waals surface area contributed by atoms with Crippen molar-refractivity contribution in [3.63, 3.8) is 0 Å². The molecule has 3 rings (SSSR count). The quantitative estimate of drug-likeness (QED) is 0.465. The van der Waals surface area contributed by atoms with Crippen LogP contribution in [0.4, 0.5) is 5.69 Å². The van der Waals surface area contributed by atoms with E-state index in [0.29, 0.717) is 24.1 Å². The molecule has 0 saturated carbocycles. The highest BCUT2D eigenvalue weighted by molar-refractivity contribution is 5.82. The zero-order valence-electron chi connectivity index (χ0n) is 17.3. The number of benzene rings is 2. The number of carbonyl (C=O) groups excluding carboxylic acids is 1. The smallest absolute Gasteiger partial charge is 0.339 e. The molecular weight excluding hydrogens is 364 g/mol. The van der Waals surface area contributed by atoms with E-state index in [9.17, 15) is 9.59 Å². The molecule has 5 nitrogen and oxygen atoms in total. The van der Waals surface area contributed by atoms with Crippen molar-refractivity contribution in [2.24, 2.45) is 0 Å². The highest BCUT2D eigenvalue weighted by Gasteiger charge is 2.13. The van der Waals surface area contributed by atoms with E-state index in [1.165, 1.54) is 0 Å². The average molecular weight is 392 g/mol. The molecule has 0 saturated heterocycles. The van der Waals surface area contributed by atoms with Gasteiger partial charge in [0.15, 0.2) is 0 Å². The highest BCUT2D eigenvalue weighted by atomic mass is 16.4. The van der Waals surface area contributed by atoms with Gasteiger partial charge in [-0.25, -0.2) is 4.79 Å². The Kier molecular flexibility index (Phi) is 6.70. The van der Waals surface area contributed by atoms with Crippen LogP contribution in [0.15, 0.2) is 57.7 Å². The lowest BCUT2D eigenvalue weighted by molar-refractivity contribution is -0.121. The standard InChI is InChI=1S/C24H28N2O3/c1-17-10-11-20-18(2)21(24(28)29-22(20)16-17)12-13-23(27)25-14-7-15-26(3)19-8-5-4-6-9-19/h4-6,8-11,16H,7,12-15H2,1-3H3,(H,25,27). The third-order valence-electron chi connectivity index (χ3n) is 5.23. The number of hydrogen-bond acceptors (Lipinski definition) is 4. The molecule has 29 heavy (non-hydrogen) atoms. The first-order valence-electron chi connectivity index (χ1n) is 10.0. The van der Waals surface area contributed by atoms with E-state index >= 15 is 0 Å². The van der Waals surface area contributed by atoms with E-state index in [2.05, 4.69) is 22.3 Å². The van der Waals surface area contributed by atoms with Crippen LogP contribution >= 0.6 is 0 Å². The van der Waals surface area contributed by atoms with E-state index in [1.54, 1.807) is 0 Å². The topological polar surface area (TPSA) is 62.6 Å². The molecule has 0 aliphatic rings. The summed E-state index contributed by atoms with van der Waals surface area (Å²) >= 11 is 0. The molecule has 152 valence electrons. The van der Waals surface area contributed by atoms with E-state index < -0.39 is 0 Å². The van der Waals surface area contributed by atoms with Gasteiger partial charge < -0.3 is 14.6 Å². The van der Waals surface area contributed by atoms with Gasteiger partial charge in [-0.1, -0.05) is 30.3 Å². The lowest BCUT2D eigenvalue weighted by Crippen LogP contribution is -2.28. The number of fused-ring (bicyclic) bond motifs is 1. The molecule has 1 amide bonds. The van der Waals surface area contributed by atoms with E-state index in [1.807, 2.05) is 57.3 Å². The summed E-state index contributed by atoms with van der Waals surface area (Å²) in [6, 6.07) is 16.0. The van der Waals surface area contributed by atoms with E-state index in [4.69, 9.17) is 4.42 Å². The maximum Gasteiger partial charge on any atom is 0.339 e. The molecule has 0 atom stereocenters. The maximum atomic E-state index is 12.3. The van der Waals surface area contributed by atoms with Crippen LogP contribution in [0.2, 0.25) is 0 Å². The summed E-state index contributed by atoms with van der Waals surface area (Å²) in [5, 5.41) is 3.87. The molecule has 0 spiro atoms. The molecule has 1 N–H and O–H groups in total. The number of para-hydroxylation sites is 1. The minimum absolute atomic E-state index is 0.0461. The van der Waals surface area contributed by atoms with Gasteiger partial charge >= 0.3 is 5.63 Å². The second-order valence-electron chi connectivity index (χ2n) is 7.45. The number of nitrogens with zero attached hydrogens (tertiary/aromatic N) is 1. The van der Waals surface area contributed by atoms with Crippen molar-refractivity contribution < 1.29 is 9.21 Å². The number of aryl methyl sites for hydroxylation is 2. The number of hydrogen-bond donors (Lipinski definition) is 1. The zero-order valence-corrected chi connectivity index (χ0v) is 17.3. The summed E-state index contributed by atoms with van der Waals surface area (Å²) in [5.41, 5.74) is 3.94. The highest BCUT2D eigenvalue weighted by Crippen LogP contribution is 2.21. The van der Waals surface area contributed by atoms with Crippen molar-refractivity contribution in [1.82, 2.24) is 5.32 Å². The third-order valence-corrected chi connectivity index (χ3v) is 5.23. The van der Waals surface area contributed by atoms with Gasteiger partial charge in [0.1, 0.15) is 5.58 Å². The van der Waals surface area contributed by atoms with Crippen molar-refractivity contribution in [2.75, 3.05) is 25.0 Å². The molecule has 5 heteroatoms. The molecule has 0 fully saturated rings. The summed E-state index contributed by atoms with van der Waals surface area (Å²) in [6.07, 6.45) is 1.51. The summed E-state index contributed by atoms with van der Waals surface area (Å²) in [4.78, 5) is 26.7. The first-order chi connectivity index (χ1) is 14.0. The Hall–Kier alpha value is -3.08. The van der Waals surface area contributed by atoms with Gasteiger partial charge in [0, 0.05) is 43.2 Å². The summed E-state index contributed by atoms with van der Waals surface area (Å²) < 4.78 is 5.46. The van der Waals surface area contributed by atoms with Gasteiger partial charge in [0.25, 0.3) is 0 Å². The monoisotopic (exact) mass is 392 g/mol. The molecule has 0 aliphatic carbocycles. The van der Waals surface area contributed by atoms with Gasteiger partial charge in [-0.05, 0) is 56.0 Å². The van der Waals surface area contributed by atoms with Crippen LogP contribution in [0.3, 0.4) is 0 Å². The maximum absolute atomic E-state index is 12.3. The van der Waals surface area contributed by atoms with Crippen molar-refractivity contribution in [3.8, 4) is 0 Å². The summed E-state index contributed by atoms with van der Waals surface area (Å²) in [7, 11) is 2.04. The lowest BCUT2D eigenvalue weighted by atomic mass is 10.0. The number of nitrogens with one attached hydrogen (secondary N) is 1. The second kappa shape index (κ2) is 9.41. The van der Waals surface area contributed by atoms with Crippen molar-refractivity contribution in [3.05, 3.63) is 75.6 Å². The molecule has 0 bridgehead atoms. The first kappa shape index (κ1) is 20.6. The van der Waals surface area contributed by atoms with Crippen LogP contribution in [-0.4, -0.2) is 26.0 Å². The molecule has 1 heterocycles. The van der Waals surface area contributed by atoms with Crippen LogP contribution < -0.4 is 15.8 Å². The van der Waals surface area contributed by atoms with Crippen LogP contribution in [0.1, 0.15) is 29.5 Å². The van der Waals surface area contributed by atoms with Gasteiger partial charge in [-0.2, -0.15) is 0 Å².